The van der Waals surface area contributed by atoms with Gasteiger partial charge in [0.2, 0.25) is 5.91 Å². The monoisotopic (exact) mass is 270 g/mol. The maximum Gasteiger partial charge on any atom is 0.241 e. The molecule has 0 unspecified atom stereocenters. The molecule has 0 aliphatic heterocycles. The molecule has 0 bridgehead atoms. The van der Waals surface area contributed by atoms with Crippen LogP contribution in [-0.4, -0.2) is 49.2 Å². The highest BCUT2D eigenvalue weighted by Crippen LogP contribution is 1.95. The quantitative estimate of drug-likeness (QED) is 0.585. The van der Waals surface area contributed by atoms with Crippen LogP contribution in [0.2, 0.25) is 0 Å². The maximum absolute atomic E-state index is 11.5. The average molecular weight is 270 g/mol. The molecule has 7 nitrogen and oxygen atoms in total. The highest BCUT2D eigenvalue weighted by molar-refractivity contribution is 5.75. The minimum absolute atomic E-state index is 0.0663. The number of nitrogens with one attached hydrogen (secondary N) is 1. The molecule has 1 aromatic heterocycles. The Morgan fingerprint density at radius 1 is 1.42 bits per heavy atom. The molecule has 19 heavy (non-hydrogen) atoms. The third kappa shape index (κ3) is 7.43. The van der Waals surface area contributed by atoms with Crippen molar-refractivity contribution in [3.05, 3.63) is 12.3 Å². The molecule has 1 amide bonds. The molecule has 0 spiro atoms. The minimum Gasteiger partial charge on any atom is -0.382 e. The van der Waals surface area contributed by atoms with Gasteiger partial charge in [0.15, 0.2) is 0 Å². The molecule has 0 radical (unpaired) electrons. The second kappa shape index (κ2) is 9.35. The number of hydrogen-bond acceptors (Lipinski definition) is 5. The number of hydrogen-bond donors (Lipinski definition) is 2. The summed E-state index contributed by atoms with van der Waals surface area (Å²) in [7, 11) is 1.64. The van der Waals surface area contributed by atoms with Gasteiger partial charge in [-0.15, -0.1) is 0 Å². The van der Waals surface area contributed by atoms with Gasteiger partial charge in [-0.25, -0.2) is 0 Å². The number of nitrogens with zero attached hydrogens (tertiary/aromatic N) is 2. The topological polar surface area (TPSA) is 91.4 Å². The van der Waals surface area contributed by atoms with Crippen molar-refractivity contribution in [3.8, 4) is 0 Å². The van der Waals surface area contributed by atoms with Gasteiger partial charge in [0.1, 0.15) is 12.4 Å². The molecule has 3 N–H and O–H groups in total. The summed E-state index contributed by atoms with van der Waals surface area (Å²) in [6.45, 7) is 2.76. The number of nitrogens with two attached hydrogens (primary N) is 1. The molecule has 108 valence electrons. The molecule has 7 heteroatoms. The number of nitrogen functional groups attached to an aromatic ring is 1. The molecular weight excluding hydrogens is 248 g/mol. The van der Waals surface area contributed by atoms with Crippen LogP contribution in [-0.2, 0) is 20.8 Å². The van der Waals surface area contributed by atoms with Gasteiger partial charge in [0, 0.05) is 26.5 Å². The first-order valence-electron chi connectivity index (χ1n) is 6.34. The van der Waals surface area contributed by atoms with Crippen LogP contribution in [0.5, 0.6) is 0 Å². The summed E-state index contributed by atoms with van der Waals surface area (Å²) in [5.41, 5.74) is 5.46. The van der Waals surface area contributed by atoms with E-state index in [2.05, 4.69) is 10.4 Å². The van der Waals surface area contributed by atoms with Crippen LogP contribution >= 0.6 is 0 Å². The van der Waals surface area contributed by atoms with Crippen molar-refractivity contribution in [3.63, 3.8) is 0 Å². The maximum atomic E-state index is 11.5. The average Bonchev–Trinajstić information content (AvgIpc) is 2.78. The summed E-state index contributed by atoms with van der Waals surface area (Å²) in [4.78, 5) is 11.5. The molecular formula is C12H22N4O3. The second-order valence-electron chi connectivity index (χ2n) is 4.10. The van der Waals surface area contributed by atoms with E-state index >= 15 is 0 Å². The Bertz CT molecular complexity index is 368. The van der Waals surface area contributed by atoms with Gasteiger partial charge in [-0.05, 0) is 18.9 Å². The number of amides is 1. The molecule has 0 aliphatic rings. The van der Waals surface area contributed by atoms with Crippen LogP contribution in [0, 0.1) is 0 Å². The summed E-state index contributed by atoms with van der Waals surface area (Å²) >= 11 is 0. The van der Waals surface area contributed by atoms with E-state index in [1.54, 1.807) is 19.4 Å². The standard InChI is InChI=1S/C12H22N4O3/c1-18-8-9-19-7-3-2-5-14-12(17)10-16-6-4-11(13)15-16/h4,6H,2-3,5,7-10H2,1H3,(H2,13,15)(H,14,17). The summed E-state index contributed by atoms with van der Waals surface area (Å²) < 4.78 is 11.7. The van der Waals surface area contributed by atoms with E-state index in [0.717, 1.165) is 12.8 Å². The first kappa shape index (κ1) is 15.5. The highest BCUT2D eigenvalue weighted by atomic mass is 16.5. The molecule has 0 saturated carbocycles. The third-order valence-corrected chi connectivity index (χ3v) is 2.44. The van der Waals surface area contributed by atoms with E-state index in [-0.39, 0.29) is 12.5 Å². The Balaban J connectivity index is 1.96. The minimum atomic E-state index is -0.0663. The van der Waals surface area contributed by atoms with Gasteiger partial charge in [0.25, 0.3) is 0 Å². The lowest BCUT2D eigenvalue weighted by atomic mass is 10.3. The Morgan fingerprint density at radius 2 is 2.26 bits per heavy atom. The van der Waals surface area contributed by atoms with Crippen LogP contribution in [0.3, 0.4) is 0 Å². The number of ether oxygens (including phenoxy) is 2. The molecule has 0 aliphatic carbocycles. The lowest BCUT2D eigenvalue weighted by Crippen LogP contribution is -2.28. The van der Waals surface area contributed by atoms with Gasteiger partial charge in [-0.2, -0.15) is 5.10 Å². The van der Waals surface area contributed by atoms with E-state index in [1.165, 1.54) is 4.68 Å². The van der Waals surface area contributed by atoms with Crippen LogP contribution in [0.1, 0.15) is 12.8 Å². The highest BCUT2D eigenvalue weighted by Gasteiger charge is 2.02. The van der Waals surface area contributed by atoms with Gasteiger partial charge in [-0.1, -0.05) is 0 Å². The molecule has 1 rings (SSSR count). The van der Waals surface area contributed by atoms with E-state index < -0.39 is 0 Å². The zero-order valence-corrected chi connectivity index (χ0v) is 11.3. The Labute approximate surface area is 113 Å². The zero-order chi connectivity index (χ0) is 13.9. The fourth-order valence-corrected chi connectivity index (χ4v) is 1.47. The predicted octanol–water partition coefficient (Wildman–Crippen LogP) is 0.0247. The summed E-state index contributed by atoms with van der Waals surface area (Å²) in [6.07, 6.45) is 3.48. The van der Waals surface area contributed by atoms with Crippen molar-refractivity contribution in [1.29, 1.82) is 0 Å². The van der Waals surface area contributed by atoms with Crippen LogP contribution in [0.4, 0.5) is 5.82 Å². The second-order valence-corrected chi connectivity index (χ2v) is 4.10. The van der Waals surface area contributed by atoms with E-state index in [9.17, 15) is 4.79 Å². The lowest BCUT2D eigenvalue weighted by molar-refractivity contribution is -0.121. The predicted molar refractivity (Wildman–Crippen MR) is 71.6 cm³/mol. The van der Waals surface area contributed by atoms with Gasteiger partial charge in [0.05, 0.1) is 13.2 Å². The van der Waals surface area contributed by atoms with Crippen LogP contribution < -0.4 is 11.1 Å². The van der Waals surface area contributed by atoms with Crippen molar-refractivity contribution in [2.24, 2.45) is 0 Å². The van der Waals surface area contributed by atoms with Gasteiger partial charge in [-0.3, -0.25) is 9.48 Å². The SMILES string of the molecule is COCCOCCCCNC(=O)Cn1ccc(N)n1. The number of aromatic nitrogens is 2. The van der Waals surface area contributed by atoms with E-state index in [4.69, 9.17) is 15.2 Å². The van der Waals surface area contributed by atoms with Gasteiger partial charge >= 0.3 is 0 Å². The van der Waals surface area contributed by atoms with Crippen molar-refractivity contribution in [2.45, 2.75) is 19.4 Å². The zero-order valence-electron chi connectivity index (χ0n) is 11.3. The Hall–Kier alpha value is -1.60. The fourth-order valence-electron chi connectivity index (χ4n) is 1.47. The molecule has 0 saturated heterocycles. The van der Waals surface area contributed by atoms with Gasteiger partial charge < -0.3 is 20.5 Å². The molecule has 0 atom stereocenters. The van der Waals surface area contributed by atoms with E-state index in [1.807, 2.05) is 0 Å². The molecule has 0 fully saturated rings. The van der Waals surface area contributed by atoms with Crippen molar-refractivity contribution in [1.82, 2.24) is 15.1 Å². The molecule has 0 aromatic carbocycles. The molecule has 1 heterocycles. The third-order valence-electron chi connectivity index (χ3n) is 2.44. The lowest BCUT2D eigenvalue weighted by Gasteiger charge is -2.06. The number of carbonyl (C=O) groups excluding carboxylic acids is 1. The van der Waals surface area contributed by atoms with Crippen molar-refractivity contribution >= 4 is 11.7 Å². The largest absolute Gasteiger partial charge is 0.382 e. The molecule has 1 aromatic rings. The summed E-state index contributed by atoms with van der Waals surface area (Å²) in [6, 6.07) is 1.66. The van der Waals surface area contributed by atoms with E-state index in [0.29, 0.717) is 32.2 Å². The van der Waals surface area contributed by atoms with Crippen LogP contribution in [0.25, 0.3) is 0 Å². The smallest absolute Gasteiger partial charge is 0.241 e. The number of anilines is 1. The summed E-state index contributed by atoms with van der Waals surface area (Å²) in [5.74, 6) is 0.351. The normalized spacial score (nSPS) is 10.6. The number of carbonyl (C=O) groups is 1. The van der Waals surface area contributed by atoms with Crippen molar-refractivity contribution < 1.29 is 14.3 Å². The summed E-state index contributed by atoms with van der Waals surface area (Å²) in [5, 5.41) is 6.76. The fraction of sp³-hybridized carbons (Fsp3) is 0.667. The Morgan fingerprint density at radius 3 is 2.95 bits per heavy atom. The number of rotatable bonds is 10. The number of methoxy groups -OCH3 is 1. The van der Waals surface area contributed by atoms with Crippen molar-refractivity contribution in [2.75, 3.05) is 39.2 Å². The number of unbranched alkanes of at least 4 members (excludes halogenated alkanes) is 1. The first-order chi connectivity index (χ1) is 9.22. The van der Waals surface area contributed by atoms with Crippen LogP contribution in [0.15, 0.2) is 12.3 Å². The Kier molecular flexibility index (Phi) is 7.60. The first-order valence-corrected chi connectivity index (χ1v) is 6.34.